The van der Waals surface area contributed by atoms with Crippen LogP contribution in [0, 0.1) is 6.92 Å². The van der Waals surface area contributed by atoms with Crippen molar-refractivity contribution in [3.05, 3.63) is 96.3 Å². The molecular weight excluding hydrogens is 474 g/mol. The molecule has 2 N–H and O–H groups in total. The lowest BCUT2D eigenvalue weighted by Crippen LogP contribution is -2.61. The predicted octanol–water partition coefficient (Wildman–Crippen LogP) is 5.70. The van der Waals surface area contributed by atoms with E-state index < -0.39 is 5.54 Å². The van der Waals surface area contributed by atoms with Crippen LogP contribution in [0.1, 0.15) is 60.0 Å². The minimum Gasteiger partial charge on any atom is -0.361 e. The molecule has 0 radical (unpaired) electrons. The summed E-state index contributed by atoms with van der Waals surface area (Å²) in [5, 5.41) is 4.15. The summed E-state index contributed by atoms with van der Waals surface area (Å²) in [5.41, 5.74) is 2.88. The number of nitrogens with one attached hydrogen (secondary N) is 2. The molecule has 1 fully saturated rings. The van der Waals surface area contributed by atoms with Gasteiger partial charge in [0.2, 0.25) is 5.91 Å². The fraction of sp³-hybridized carbons (Fsp3) is 0.323. The highest BCUT2D eigenvalue weighted by atomic mass is 16.2. The van der Waals surface area contributed by atoms with E-state index >= 15 is 0 Å². The molecule has 7 nitrogen and oxygen atoms in total. The second-order valence-electron chi connectivity index (χ2n) is 10.2. The summed E-state index contributed by atoms with van der Waals surface area (Å²) < 4.78 is 2.01. The first kappa shape index (κ1) is 25.5. The minimum absolute atomic E-state index is 0.0895. The number of para-hydroxylation sites is 1. The Balaban J connectivity index is 1.40. The highest BCUT2D eigenvalue weighted by Crippen LogP contribution is 2.35. The molecule has 38 heavy (non-hydrogen) atoms. The van der Waals surface area contributed by atoms with Crippen LogP contribution in [0.15, 0.2) is 79.6 Å². The maximum atomic E-state index is 14.0. The molecule has 1 aliphatic rings. The fourth-order valence-corrected chi connectivity index (χ4v) is 5.52. The number of hydrogen-bond donors (Lipinski definition) is 2. The number of carbonyl (C=O) groups is 2. The quantitative estimate of drug-likeness (QED) is 0.304. The molecule has 0 atom stereocenters. The third kappa shape index (κ3) is 5.42. The SMILES string of the molecule is Cc1ccc(C(=O)N(CCCn2ccnc2)C2(C(=O)N/C=C/c3c[nH]c4ccccc34)CCCCC2)cc1. The summed E-state index contributed by atoms with van der Waals surface area (Å²) in [7, 11) is 0. The van der Waals surface area contributed by atoms with E-state index in [1.165, 1.54) is 0 Å². The van der Waals surface area contributed by atoms with Gasteiger partial charge in [-0.3, -0.25) is 9.59 Å². The van der Waals surface area contributed by atoms with Crippen molar-refractivity contribution in [1.82, 2.24) is 24.8 Å². The van der Waals surface area contributed by atoms with Crippen molar-refractivity contribution in [3.8, 4) is 0 Å². The molecule has 7 heteroatoms. The van der Waals surface area contributed by atoms with Crippen LogP contribution in [0.25, 0.3) is 17.0 Å². The molecule has 2 amide bonds. The van der Waals surface area contributed by atoms with Crippen molar-refractivity contribution < 1.29 is 9.59 Å². The molecule has 4 aromatic rings. The number of amides is 2. The zero-order chi connectivity index (χ0) is 26.4. The number of hydrogen-bond acceptors (Lipinski definition) is 3. The number of carbonyl (C=O) groups excluding carboxylic acids is 2. The molecule has 0 saturated heterocycles. The van der Waals surface area contributed by atoms with Gasteiger partial charge in [0.05, 0.1) is 6.33 Å². The Bertz CT molecular complexity index is 1400. The van der Waals surface area contributed by atoms with Crippen molar-refractivity contribution in [2.24, 2.45) is 0 Å². The fourth-order valence-electron chi connectivity index (χ4n) is 5.52. The van der Waals surface area contributed by atoms with E-state index in [1.807, 2.05) is 77.3 Å². The Morgan fingerprint density at radius 3 is 2.66 bits per heavy atom. The number of imidazole rings is 1. The monoisotopic (exact) mass is 509 g/mol. The third-order valence-corrected chi connectivity index (χ3v) is 7.62. The van der Waals surface area contributed by atoms with Crippen LogP contribution in [0.2, 0.25) is 0 Å². The Labute approximate surface area is 223 Å². The molecule has 5 rings (SSSR count). The van der Waals surface area contributed by atoms with Gasteiger partial charge in [0.25, 0.3) is 5.91 Å². The van der Waals surface area contributed by atoms with Crippen LogP contribution in [0.3, 0.4) is 0 Å². The van der Waals surface area contributed by atoms with Crippen molar-refractivity contribution in [2.75, 3.05) is 6.54 Å². The first-order valence-corrected chi connectivity index (χ1v) is 13.4. The summed E-state index contributed by atoms with van der Waals surface area (Å²) in [6, 6.07) is 15.7. The highest BCUT2D eigenvalue weighted by molar-refractivity contribution is 6.00. The van der Waals surface area contributed by atoms with Crippen LogP contribution in [-0.2, 0) is 11.3 Å². The van der Waals surface area contributed by atoms with E-state index in [0.717, 1.165) is 54.3 Å². The Hall–Kier alpha value is -4.13. The van der Waals surface area contributed by atoms with Gasteiger partial charge in [-0.2, -0.15) is 0 Å². The lowest BCUT2D eigenvalue weighted by atomic mass is 9.78. The molecule has 1 saturated carbocycles. The van der Waals surface area contributed by atoms with Gasteiger partial charge in [0, 0.05) is 59.9 Å². The number of aromatic amines is 1. The maximum Gasteiger partial charge on any atom is 0.254 e. The molecule has 2 aromatic heterocycles. The summed E-state index contributed by atoms with van der Waals surface area (Å²) in [4.78, 5) is 37.2. The summed E-state index contributed by atoms with van der Waals surface area (Å²) in [6.07, 6.45) is 16.0. The third-order valence-electron chi connectivity index (χ3n) is 7.62. The number of aromatic nitrogens is 3. The van der Waals surface area contributed by atoms with Crippen molar-refractivity contribution in [2.45, 2.75) is 57.5 Å². The van der Waals surface area contributed by atoms with Crippen molar-refractivity contribution >= 4 is 28.8 Å². The average molecular weight is 510 g/mol. The van der Waals surface area contributed by atoms with Crippen LogP contribution in [0.4, 0.5) is 0 Å². The Morgan fingerprint density at radius 1 is 1.11 bits per heavy atom. The number of benzene rings is 2. The Kier molecular flexibility index (Phi) is 7.73. The van der Waals surface area contributed by atoms with E-state index in [1.54, 1.807) is 18.7 Å². The van der Waals surface area contributed by atoms with E-state index in [4.69, 9.17) is 0 Å². The van der Waals surface area contributed by atoms with Gasteiger partial charge >= 0.3 is 0 Å². The number of aryl methyl sites for hydroxylation is 2. The lowest BCUT2D eigenvalue weighted by molar-refractivity contribution is -0.133. The van der Waals surface area contributed by atoms with Crippen LogP contribution < -0.4 is 5.32 Å². The zero-order valence-corrected chi connectivity index (χ0v) is 21.9. The number of nitrogens with zero attached hydrogens (tertiary/aromatic N) is 3. The summed E-state index contributed by atoms with van der Waals surface area (Å²) in [6.45, 7) is 3.23. The van der Waals surface area contributed by atoms with Gasteiger partial charge < -0.3 is 19.8 Å². The predicted molar refractivity (Wildman–Crippen MR) is 150 cm³/mol. The van der Waals surface area contributed by atoms with Gasteiger partial charge in [-0.1, -0.05) is 55.2 Å². The lowest BCUT2D eigenvalue weighted by Gasteiger charge is -2.45. The molecular formula is C31H35N5O2. The van der Waals surface area contributed by atoms with Crippen molar-refractivity contribution in [1.29, 1.82) is 0 Å². The number of rotatable bonds is 9. The first-order chi connectivity index (χ1) is 18.6. The van der Waals surface area contributed by atoms with Crippen LogP contribution in [-0.4, -0.2) is 43.3 Å². The highest BCUT2D eigenvalue weighted by Gasteiger charge is 2.46. The van der Waals surface area contributed by atoms with Crippen LogP contribution in [0.5, 0.6) is 0 Å². The molecule has 0 spiro atoms. The van der Waals surface area contributed by atoms with Gasteiger partial charge in [0.15, 0.2) is 0 Å². The smallest absolute Gasteiger partial charge is 0.254 e. The van der Waals surface area contributed by atoms with E-state index in [0.29, 0.717) is 24.9 Å². The van der Waals surface area contributed by atoms with Gasteiger partial charge in [-0.15, -0.1) is 0 Å². The van der Waals surface area contributed by atoms with Crippen LogP contribution >= 0.6 is 0 Å². The molecule has 196 valence electrons. The van der Waals surface area contributed by atoms with E-state index in [9.17, 15) is 9.59 Å². The molecule has 2 heterocycles. The van der Waals surface area contributed by atoms with Gasteiger partial charge in [-0.25, -0.2) is 4.98 Å². The summed E-state index contributed by atoms with van der Waals surface area (Å²) >= 11 is 0. The zero-order valence-electron chi connectivity index (χ0n) is 21.9. The average Bonchev–Trinajstić information content (AvgIpc) is 3.62. The number of fused-ring (bicyclic) bond motifs is 1. The number of H-pyrrole nitrogens is 1. The minimum atomic E-state index is -0.889. The van der Waals surface area contributed by atoms with E-state index in [-0.39, 0.29) is 11.8 Å². The summed E-state index contributed by atoms with van der Waals surface area (Å²) in [5.74, 6) is -0.204. The molecule has 0 bridgehead atoms. The molecule has 0 aliphatic heterocycles. The largest absolute Gasteiger partial charge is 0.361 e. The second-order valence-corrected chi connectivity index (χ2v) is 10.2. The Morgan fingerprint density at radius 2 is 1.89 bits per heavy atom. The first-order valence-electron chi connectivity index (χ1n) is 13.4. The molecule has 1 aliphatic carbocycles. The maximum absolute atomic E-state index is 14.0. The van der Waals surface area contributed by atoms with Gasteiger partial charge in [0.1, 0.15) is 5.54 Å². The molecule has 0 unspecified atom stereocenters. The van der Waals surface area contributed by atoms with E-state index in [2.05, 4.69) is 21.4 Å². The van der Waals surface area contributed by atoms with Gasteiger partial charge in [-0.05, 0) is 50.5 Å². The topological polar surface area (TPSA) is 83.0 Å². The molecule has 2 aromatic carbocycles. The second kappa shape index (κ2) is 11.5. The standard InChI is InChI=1S/C31H35N5O2/c1-24-10-12-25(13-11-24)29(37)36(20-7-19-35-21-18-32-23-35)31(15-5-2-6-16-31)30(38)33-17-14-26-22-34-28-9-4-3-8-27(26)28/h3-4,8-14,17-18,21-23,34H,2,5-7,15-16,19-20H2,1H3,(H,33,38)/b17-14+. The van der Waals surface area contributed by atoms with Crippen molar-refractivity contribution in [3.63, 3.8) is 0 Å². The normalized spacial score (nSPS) is 15.1.